The molecule has 0 N–H and O–H groups in total. The molecule has 12 heteroatoms. The van der Waals surface area contributed by atoms with E-state index in [1.165, 1.54) is 45.7 Å². The van der Waals surface area contributed by atoms with Gasteiger partial charge >= 0.3 is 12.2 Å². The van der Waals surface area contributed by atoms with Gasteiger partial charge in [0.15, 0.2) is 6.04 Å². The van der Waals surface area contributed by atoms with Crippen LogP contribution in [-0.2, 0) is 16.9 Å². The number of nitriles is 1. The Balaban J connectivity index is 1.55. The molecule has 0 radical (unpaired) electrons. The highest BCUT2D eigenvalue weighted by molar-refractivity contribution is 5.94. The van der Waals surface area contributed by atoms with Crippen LogP contribution in [0.3, 0.4) is 0 Å². The summed E-state index contributed by atoms with van der Waals surface area (Å²) in [5.41, 5.74) is 0.514. The zero-order chi connectivity index (χ0) is 36.9. The lowest BCUT2D eigenvalue weighted by molar-refractivity contribution is -0.165. The minimum atomic E-state index is -4.80. The molecule has 0 bridgehead atoms. The number of benzene rings is 4. The molecule has 0 unspecified atom stereocenters. The number of ether oxygens (including phenoxy) is 3. The highest BCUT2D eigenvalue weighted by Crippen LogP contribution is 2.47. The molecule has 0 saturated heterocycles. The van der Waals surface area contributed by atoms with Crippen molar-refractivity contribution < 1.29 is 31.8 Å². The molecular weight excluding hydrogens is 674 g/mol. The Morgan fingerprint density at radius 2 is 1.42 bits per heavy atom. The average Bonchev–Trinajstić information content (AvgIpc) is 3.16. The SMILES string of the molecule is COc1ccc([N+](Cc2ccccc2)(C2=N[C@H](C(F)(F)F)C[C@@](C)(c3cc(C#Cc4cnc(C#N)nc4)ccc3F)O2)c2ccc(OC)cc2)cc1. The number of alkyl halides is 3. The second kappa shape index (κ2) is 14.5. The van der Waals surface area contributed by atoms with Crippen LogP contribution in [0, 0.1) is 29.0 Å². The maximum atomic E-state index is 15.9. The van der Waals surface area contributed by atoms with E-state index in [1.54, 1.807) is 48.5 Å². The van der Waals surface area contributed by atoms with Crippen molar-refractivity contribution in [2.24, 2.45) is 4.99 Å². The van der Waals surface area contributed by atoms with E-state index in [-0.39, 0.29) is 24.0 Å². The molecule has 0 saturated carbocycles. The normalized spacial score (nSPS) is 17.1. The molecule has 0 aliphatic carbocycles. The summed E-state index contributed by atoms with van der Waals surface area (Å²) in [6.07, 6.45) is -2.77. The van der Waals surface area contributed by atoms with Crippen LogP contribution in [0.4, 0.5) is 28.9 Å². The molecule has 4 aromatic carbocycles. The van der Waals surface area contributed by atoms with E-state index in [9.17, 15) is 13.2 Å². The van der Waals surface area contributed by atoms with Crippen molar-refractivity contribution in [1.29, 1.82) is 5.26 Å². The van der Waals surface area contributed by atoms with Gasteiger partial charge in [0.25, 0.3) is 0 Å². The molecule has 1 aromatic heterocycles. The van der Waals surface area contributed by atoms with E-state index in [0.717, 1.165) is 11.6 Å². The van der Waals surface area contributed by atoms with Gasteiger partial charge in [0.1, 0.15) is 46.9 Å². The molecule has 1 aliphatic heterocycles. The van der Waals surface area contributed by atoms with Crippen LogP contribution in [0.15, 0.2) is 114 Å². The van der Waals surface area contributed by atoms with Crippen LogP contribution in [0.5, 0.6) is 11.5 Å². The van der Waals surface area contributed by atoms with Gasteiger partial charge in [0.2, 0.25) is 5.82 Å². The number of quaternary nitrogens is 1. The molecule has 262 valence electrons. The minimum absolute atomic E-state index is 0.0281. The molecule has 2 heterocycles. The molecule has 8 nitrogen and oxygen atoms in total. The van der Waals surface area contributed by atoms with Gasteiger partial charge in [0.05, 0.1) is 19.8 Å². The summed E-state index contributed by atoms with van der Waals surface area (Å²) < 4.78 is 77.9. The maximum absolute atomic E-state index is 15.9. The lowest BCUT2D eigenvalue weighted by Crippen LogP contribution is -2.57. The summed E-state index contributed by atoms with van der Waals surface area (Å²) in [6, 6.07) is 26.3. The second-order valence-corrected chi connectivity index (χ2v) is 12.2. The van der Waals surface area contributed by atoms with Crippen molar-refractivity contribution >= 4 is 17.4 Å². The third kappa shape index (κ3) is 7.29. The van der Waals surface area contributed by atoms with Crippen molar-refractivity contribution in [2.45, 2.75) is 37.7 Å². The van der Waals surface area contributed by atoms with Gasteiger partial charge in [-0.3, -0.25) is 0 Å². The van der Waals surface area contributed by atoms with Gasteiger partial charge in [-0.05, 0) is 49.4 Å². The fraction of sp³-hybridized carbons (Fsp3) is 0.200. The van der Waals surface area contributed by atoms with Crippen LogP contribution in [0.2, 0.25) is 0 Å². The lowest BCUT2D eigenvalue weighted by atomic mass is 9.86. The van der Waals surface area contributed by atoms with Crippen molar-refractivity contribution in [3.05, 3.63) is 143 Å². The van der Waals surface area contributed by atoms with E-state index >= 15 is 4.39 Å². The Kier molecular flexibility index (Phi) is 9.95. The van der Waals surface area contributed by atoms with E-state index < -0.39 is 34.5 Å². The average molecular weight is 707 g/mol. The summed E-state index contributed by atoms with van der Waals surface area (Å²) in [5.74, 6) is 6.02. The van der Waals surface area contributed by atoms with Gasteiger partial charge in [-0.25, -0.2) is 14.4 Å². The van der Waals surface area contributed by atoms with Crippen LogP contribution in [0.25, 0.3) is 0 Å². The number of nitrogens with zero attached hydrogens (tertiary/aromatic N) is 5. The summed E-state index contributed by atoms with van der Waals surface area (Å²) in [5, 5.41) is 8.98. The van der Waals surface area contributed by atoms with Gasteiger partial charge in [-0.2, -0.15) is 27.9 Å². The molecule has 0 amide bonds. The predicted molar refractivity (Wildman–Crippen MR) is 187 cm³/mol. The van der Waals surface area contributed by atoms with Crippen LogP contribution < -0.4 is 14.0 Å². The van der Waals surface area contributed by atoms with Crippen LogP contribution in [0.1, 0.15) is 41.4 Å². The van der Waals surface area contributed by atoms with Crippen molar-refractivity contribution in [2.75, 3.05) is 14.2 Å². The summed E-state index contributed by atoms with van der Waals surface area (Å²) >= 11 is 0. The van der Waals surface area contributed by atoms with Crippen LogP contribution in [-0.4, -0.2) is 42.4 Å². The monoisotopic (exact) mass is 706 g/mol. The number of methoxy groups -OCH3 is 2. The Morgan fingerprint density at radius 1 is 0.846 bits per heavy atom. The lowest BCUT2D eigenvalue weighted by Gasteiger charge is -2.44. The summed E-state index contributed by atoms with van der Waals surface area (Å²) in [6.45, 7) is 1.52. The zero-order valence-electron chi connectivity index (χ0n) is 28.4. The number of hydrogen-bond acceptors (Lipinski definition) is 7. The molecule has 2 atom stereocenters. The molecular formula is C40H32F4N5O3+. The minimum Gasteiger partial charge on any atom is -0.497 e. The third-order valence-electron chi connectivity index (χ3n) is 8.80. The quantitative estimate of drug-likeness (QED) is 0.0961. The van der Waals surface area contributed by atoms with E-state index in [2.05, 4.69) is 26.8 Å². The number of aromatic nitrogens is 2. The molecule has 6 rings (SSSR count). The maximum Gasteiger partial charge on any atom is 0.411 e. The Hall–Kier alpha value is -6.24. The number of aliphatic imine (C=N–C) groups is 1. The first-order valence-corrected chi connectivity index (χ1v) is 16.1. The Morgan fingerprint density at radius 3 is 1.96 bits per heavy atom. The Labute approximate surface area is 298 Å². The number of hydrogen-bond donors (Lipinski definition) is 0. The van der Waals surface area contributed by atoms with E-state index in [4.69, 9.17) is 19.5 Å². The van der Waals surface area contributed by atoms with E-state index in [0.29, 0.717) is 34.0 Å². The fourth-order valence-electron chi connectivity index (χ4n) is 6.10. The molecule has 52 heavy (non-hydrogen) atoms. The summed E-state index contributed by atoms with van der Waals surface area (Å²) in [7, 11) is 3.03. The van der Waals surface area contributed by atoms with Crippen molar-refractivity contribution in [3.63, 3.8) is 0 Å². The first kappa shape index (κ1) is 35.6. The fourth-order valence-corrected chi connectivity index (χ4v) is 6.10. The highest BCUT2D eigenvalue weighted by atomic mass is 19.4. The highest BCUT2D eigenvalue weighted by Gasteiger charge is 2.55. The van der Waals surface area contributed by atoms with Gasteiger partial charge in [-0.15, -0.1) is 0 Å². The molecule has 0 spiro atoms. The molecule has 0 fully saturated rings. The van der Waals surface area contributed by atoms with E-state index in [1.807, 2.05) is 36.4 Å². The first-order chi connectivity index (χ1) is 25.0. The molecule has 5 aromatic rings. The first-order valence-electron chi connectivity index (χ1n) is 16.1. The smallest absolute Gasteiger partial charge is 0.411 e. The van der Waals surface area contributed by atoms with Gasteiger partial charge in [-0.1, -0.05) is 42.2 Å². The second-order valence-electron chi connectivity index (χ2n) is 12.2. The largest absolute Gasteiger partial charge is 0.497 e. The van der Waals surface area contributed by atoms with Crippen LogP contribution >= 0.6 is 0 Å². The topological polar surface area (TPSA) is 89.6 Å². The van der Waals surface area contributed by atoms with Crippen molar-refractivity contribution in [1.82, 2.24) is 14.5 Å². The third-order valence-corrected chi connectivity index (χ3v) is 8.80. The standard InChI is InChI=1S/C40H32F4N5O3/c1-39(34-21-27(11-20-35(34)41)9-10-29-24-46-37(23-45)47-25-29)22-36(40(42,43)44)48-38(52-39)49(26-28-7-5-4-6-8-28,30-12-16-32(50-2)17-13-30)31-14-18-33(51-3)19-15-31/h4-8,11-21,24-25,36H,22,26H2,1-3H3/q+1/t36-,39-/m0/s1. The summed E-state index contributed by atoms with van der Waals surface area (Å²) in [4.78, 5) is 12.1. The van der Waals surface area contributed by atoms with Crippen molar-refractivity contribution in [3.8, 4) is 29.4 Å². The molecule has 1 aliphatic rings. The number of halogens is 4. The number of rotatable bonds is 7. The van der Waals surface area contributed by atoms with Gasteiger partial charge < -0.3 is 14.2 Å². The predicted octanol–water partition coefficient (Wildman–Crippen LogP) is 8.37. The van der Waals surface area contributed by atoms with Gasteiger partial charge in [0, 0.05) is 59.8 Å². The Bertz CT molecular complexity index is 2130. The number of amidine groups is 1. The zero-order valence-corrected chi connectivity index (χ0v) is 28.4.